The van der Waals surface area contributed by atoms with E-state index in [9.17, 15) is 13.2 Å². The van der Waals surface area contributed by atoms with Gasteiger partial charge in [-0.3, -0.25) is 4.79 Å². The molecule has 134 valence electrons. The first kappa shape index (κ1) is 19.4. The summed E-state index contributed by atoms with van der Waals surface area (Å²) in [5, 5.41) is 11.6. The Labute approximate surface area is 152 Å². The van der Waals surface area contributed by atoms with Crippen LogP contribution in [-0.4, -0.2) is 27.4 Å². The van der Waals surface area contributed by atoms with Gasteiger partial charge in [0, 0.05) is 23.7 Å². The molecule has 2 aromatic rings. The molecule has 4 N–H and O–H groups in total. The third-order valence-electron chi connectivity index (χ3n) is 3.50. The van der Waals surface area contributed by atoms with Gasteiger partial charge < -0.3 is 10.6 Å². The SMILES string of the molecule is NS(=O)(=O)c1ccc(CCNCCC(=O)Nc2ccc(Cl)cc2)cc1. The van der Waals surface area contributed by atoms with Gasteiger partial charge in [-0.2, -0.15) is 0 Å². The van der Waals surface area contributed by atoms with Crippen LogP contribution in [-0.2, 0) is 21.2 Å². The van der Waals surface area contributed by atoms with Gasteiger partial charge in [0.15, 0.2) is 0 Å². The summed E-state index contributed by atoms with van der Waals surface area (Å²) in [5.74, 6) is -0.0765. The first-order chi connectivity index (χ1) is 11.8. The highest BCUT2D eigenvalue weighted by Gasteiger charge is 2.06. The lowest BCUT2D eigenvalue weighted by Gasteiger charge is -2.07. The summed E-state index contributed by atoms with van der Waals surface area (Å²) in [4.78, 5) is 11.9. The van der Waals surface area contributed by atoms with E-state index in [0.29, 0.717) is 30.2 Å². The third kappa shape index (κ3) is 6.83. The lowest BCUT2D eigenvalue weighted by molar-refractivity contribution is -0.116. The molecule has 25 heavy (non-hydrogen) atoms. The molecule has 8 heteroatoms. The number of rotatable bonds is 8. The Morgan fingerprint density at radius 3 is 2.24 bits per heavy atom. The highest BCUT2D eigenvalue weighted by Crippen LogP contribution is 2.13. The van der Waals surface area contributed by atoms with Crippen molar-refractivity contribution in [2.75, 3.05) is 18.4 Å². The van der Waals surface area contributed by atoms with Crippen LogP contribution in [0.1, 0.15) is 12.0 Å². The lowest BCUT2D eigenvalue weighted by Crippen LogP contribution is -2.23. The van der Waals surface area contributed by atoms with Crippen molar-refractivity contribution in [2.24, 2.45) is 5.14 Å². The molecule has 0 aromatic heterocycles. The third-order valence-corrected chi connectivity index (χ3v) is 4.68. The average Bonchev–Trinajstić information content (AvgIpc) is 2.56. The summed E-state index contributed by atoms with van der Waals surface area (Å²) in [6.45, 7) is 1.23. The number of primary sulfonamides is 1. The van der Waals surface area contributed by atoms with E-state index in [4.69, 9.17) is 16.7 Å². The van der Waals surface area contributed by atoms with E-state index < -0.39 is 10.0 Å². The molecule has 0 aliphatic heterocycles. The predicted molar refractivity (Wildman–Crippen MR) is 99.1 cm³/mol. The van der Waals surface area contributed by atoms with Crippen LogP contribution < -0.4 is 15.8 Å². The Kier molecular flexibility index (Phi) is 6.95. The van der Waals surface area contributed by atoms with Gasteiger partial charge in [-0.1, -0.05) is 23.7 Å². The van der Waals surface area contributed by atoms with Crippen molar-refractivity contribution in [1.29, 1.82) is 0 Å². The maximum absolute atomic E-state index is 11.8. The summed E-state index contributed by atoms with van der Waals surface area (Å²) in [6, 6.07) is 13.4. The van der Waals surface area contributed by atoms with E-state index in [2.05, 4.69) is 10.6 Å². The lowest BCUT2D eigenvalue weighted by atomic mass is 10.1. The van der Waals surface area contributed by atoms with Gasteiger partial charge in [0.2, 0.25) is 15.9 Å². The predicted octanol–water partition coefficient (Wildman–Crippen LogP) is 2.15. The fraction of sp³-hybridized carbons (Fsp3) is 0.235. The maximum Gasteiger partial charge on any atom is 0.238 e. The second-order valence-corrected chi connectivity index (χ2v) is 7.49. The molecule has 0 atom stereocenters. The van der Waals surface area contributed by atoms with Crippen LogP contribution in [0.25, 0.3) is 0 Å². The number of sulfonamides is 1. The van der Waals surface area contributed by atoms with Crippen LogP contribution in [0.15, 0.2) is 53.4 Å². The Hall–Kier alpha value is -1.93. The zero-order chi connectivity index (χ0) is 18.3. The van der Waals surface area contributed by atoms with E-state index in [1.165, 1.54) is 12.1 Å². The first-order valence-electron chi connectivity index (χ1n) is 7.72. The summed E-state index contributed by atoms with van der Waals surface area (Å²) in [7, 11) is -3.65. The van der Waals surface area contributed by atoms with Crippen molar-refractivity contribution in [1.82, 2.24) is 5.32 Å². The van der Waals surface area contributed by atoms with Gasteiger partial charge in [0.05, 0.1) is 4.90 Å². The monoisotopic (exact) mass is 381 g/mol. The summed E-state index contributed by atoms with van der Waals surface area (Å²) in [6.07, 6.45) is 1.08. The maximum atomic E-state index is 11.8. The minimum absolute atomic E-state index is 0.0765. The molecule has 0 aliphatic rings. The molecule has 0 saturated carbocycles. The second-order valence-electron chi connectivity index (χ2n) is 5.49. The average molecular weight is 382 g/mol. The molecule has 0 saturated heterocycles. The van der Waals surface area contributed by atoms with Crippen molar-refractivity contribution in [3.05, 3.63) is 59.1 Å². The number of amides is 1. The molecule has 0 fully saturated rings. The van der Waals surface area contributed by atoms with Crippen LogP contribution in [0.4, 0.5) is 5.69 Å². The summed E-state index contributed by atoms with van der Waals surface area (Å²) >= 11 is 5.79. The molecule has 0 bridgehead atoms. The van der Waals surface area contributed by atoms with E-state index in [1.54, 1.807) is 36.4 Å². The van der Waals surface area contributed by atoms with Crippen molar-refractivity contribution >= 4 is 33.2 Å². The Morgan fingerprint density at radius 2 is 1.64 bits per heavy atom. The molecule has 0 spiro atoms. The highest BCUT2D eigenvalue weighted by atomic mass is 35.5. The van der Waals surface area contributed by atoms with Gasteiger partial charge >= 0.3 is 0 Å². The van der Waals surface area contributed by atoms with Crippen LogP contribution in [0, 0.1) is 0 Å². The van der Waals surface area contributed by atoms with Crippen LogP contribution in [0.2, 0.25) is 5.02 Å². The molecule has 1 amide bonds. The van der Waals surface area contributed by atoms with Crippen molar-refractivity contribution in [3.63, 3.8) is 0 Å². The Morgan fingerprint density at radius 1 is 1.00 bits per heavy atom. The minimum Gasteiger partial charge on any atom is -0.326 e. The molecular weight excluding hydrogens is 362 g/mol. The molecule has 2 rings (SSSR count). The Balaban J connectivity index is 1.66. The number of carbonyl (C=O) groups excluding carboxylic acids is 1. The number of benzene rings is 2. The smallest absolute Gasteiger partial charge is 0.238 e. The molecule has 0 heterocycles. The molecule has 0 unspecified atom stereocenters. The fourth-order valence-corrected chi connectivity index (χ4v) is 2.80. The number of hydrogen-bond donors (Lipinski definition) is 3. The summed E-state index contributed by atoms with van der Waals surface area (Å²) < 4.78 is 22.4. The number of anilines is 1. The van der Waals surface area contributed by atoms with E-state index in [-0.39, 0.29) is 10.8 Å². The first-order valence-corrected chi connectivity index (χ1v) is 9.65. The van der Waals surface area contributed by atoms with E-state index in [1.807, 2.05) is 0 Å². The molecule has 0 aliphatic carbocycles. The fourth-order valence-electron chi connectivity index (χ4n) is 2.16. The normalized spacial score (nSPS) is 11.3. The quantitative estimate of drug-likeness (QED) is 0.610. The zero-order valence-electron chi connectivity index (χ0n) is 13.5. The number of hydrogen-bond acceptors (Lipinski definition) is 4. The van der Waals surface area contributed by atoms with Crippen LogP contribution in [0.5, 0.6) is 0 Å². The van der Waals surface area contributed by atoms with Gasteiger partial charge in [-0.05, 0) is 54.9 Å². The number of carbonyl (C=O) groups is 1. The van der Waals surface area contributed by atoms with E-state index >= 15 is 0 Å². The molecule has 2 aromatic carbocycles. The largest absolute Gasteiger partial charge is 0.326 e. The zero-order valence-corrected chi connectivity index (χ0v) is 15.1. The highest BCUT2D eigenvalue weighted by molar-refractivity contribution is 7.89. The standard InChI is InChI=1S/C17H20ClN3O3S/c18-14-3-5-15(6-4-14)21-17(22)10-12-20-11-9-13-1-7-16(8-2-13)25(19,23)24/h1-8,20H,9-12H2,(H,21,22)(H2,19,23,24). The minimum atomic E-state index is -3.65. The molecule has 0 radical (unpaired) electrons. The molecule has 6 nitrogen and oxygen atoms in total. The van der Waals surface area contributed by atoms with Gasteiger partial charge in [-0.25, -0.2) is 13.6 Å². The summed E-state index contributed by atoms with van der Waals surface area (Å²) in [5.41, 5.74) is 1.70. The van der Waals surface area contributed by atoms with E-state index in [0.717, 1.165) is 12.0 Å². The van der Waals surface area contributed by atoms with Gasteiger partial charge in [-0.15, -0.1) is 0 Å². The van der Waals surface area contributed by atoms with Gasteiger partial charge in [0.25, 0.3) is 0 Å². The Bertz CT molecular complexity index is 806. The second kappa shape index (κ2) is 8.96. The molecular formula is C17H20ClN3O3S. The van der Waals surface area contributed by atoms with Crippen LogP contribution in [0.3, 0.4) is 0 Å². The number of nitrogens with two attached hydrogens (primary N) is 1. The van der Waals surface area contributed by atoms with Crippen molar-refractivity contribution in [3.8, 4) is 0 Å². The number of halogens is 1. The number of nitrogens with one attached hydrogen (secondary N) is 2. The van der Waals surface area contributed by atoms with Crippen LogP contribution >= 0.6 is 11.6 Å². The van der Waals surface area contributed by atoms with Crippen molar-refractivity contribution < 1.29 is 13.2 Å². The van der Waals surface area contributed by atoms with Crippen molar-refractivity contribution in [2.45, 2.75) is 17.7 Å². The topological polar surface area (TPSA) is 101 Å². The van der Waals surface area contributed by atoms with Gasteiger partial charge in [0.1, 0.15) is 0 Å².